The first-order chi connectivity index (χ1) is 40.9. The Morgan fingerprint density at radius 2 is 0.337 bits per heavy atom. The van der Waals surface area contributed by atoms with E-state index in [1.807, 2.05) is 127 Å². The summed E-state index contributed by atoms with van der Waals surface area (Å²) in [6, 6.07) is 118. The second-order valence-corrected chi connectivity index (χ2v) is 32.6. The third-order valence-electron chi connectivity index (χ3n) is 13.5. The van der Waals surface area contributed by atoms with Crippen molar-refractivity contribution in [2.75, 3.05) is 0 Å². The summed E-state index contributed by atoms with van der Waals surface area (Å²) >= 11 is 5.05. The largest absolute Gasteiger partial charge is 0.506 e. The van der Waals surface area contributed by atoms with Crippen LogP contribution in [0.25, 0.3) is 0 Å². The summed E-state index contributed by atoms with van der Waals surface area (Å²) in [5.41, 5.74) is 0. The van der Waals surface area contributed by atoms with E-state index in [2.05, 4.69) is 218 Å². The first-order valence-electron chi connectivity index (χ1n) is 27.0. The molecule has 0 saturated carbocycles. The van der Waals surface area contributed by atoms with Gasteiger partial charge in [-0.2, -0.15) is 0 Å². The highest BCUT2D eigenvalue weighted by Crippen LogP contribution is 2.88. The van der Waals surface area contributed by atoms with Crippen LogP contribution in [0, 0.1) is 0 Å². The van der Waals surface area contributed by atoms with Gasteiger partial charge in [-0.3, -0.25) is 0 Å². The molecule has 0 fully saturated rings. The minimum Gasteiger partial charge on any atom is -0.225 e. The lowest BCUT2D eigenvalue weighted by atomic mass is 10.3. The average molecular weight is 1210 g/mol. The Bertz CT molecular complexity index is 3470. The van der Waals surface area contributed by atoms with E-state index in [4.69, 9.17) is 11.9 Å². The van der Waals surface area contributed by atoms with E-state index in [1.165, 1.54) is 0 Å². The van der Waals surface area contributed by atoms with Gasteiger partial charge in [0, 0.05) is 73.4 Å². The van der Waals surface area contributed by atoms with Gasteiger partial charge in [-0.05, 0) is 213 Å². The Kier molecular flexibility index (Phi) is 17.8. The first kappa shape index (κ1) is 56.3. The Balaban J connectivity index is 1.14. The molecule has 0 spiro atoms. The molecule has 0 N–H and O–H groups in total. The van der Waals surface area contributed by atoms with E-state index in [9.17, 15) is 0 Å². The van der Waals surface area contributed by atoms with Crippen LogP contribution in [0.3, 0.4) is 0 Å². The topological polar surface area (TPSA) is 44.8 Å². The van der Waals surface area contributed by atoms with Crippen LogP contribution in [-0.2, 0) is 16.5 Å². The van der Waals surface area contributed by atoms with Crippen molar-refractivity contribution in [3.63, 3.8) is 0 Å². The van der Waals surface area contributed by atoms with Gasteiger partial charge in [-0.1, -0.05) is 199 Å². The van der Waals surface area contributed by atoms with Gasteiger partial charge in [0.25, 0.3) is 0 Å². The van der Waals surface area contributed by atoms with E-state index in [1.54, 1.807) is 35.3 Å². The van der Waals surface area contributed by atoms with Crippen LogP contribution in [0.2, 0.25) is 0 Å². The van der Waals surface area contributed by atoms with Crippen LogP contribution in [0.15, 0.2) is 419 Å². The number of rotatable bonds is 21. The van der Waals surface area contributed by atoms with Crippen molar-refractivity contribution in [2.24, 2.45) is 0 Å². The van der Waals surface area contributed by atoms with Crippen molar-refractivity contribution in [2.45, 2.75) is 73.4 Å². The van der Waals surface area contributed by atoms with Crippen LogP contribution in [0.1, 0.15) is 0 Å². The second-order valence-electron chi connectivity index (χ2n) is 18.9. The molecule has 12 aromatic rings. The zero-order valence-electron chi connectivity index (χ0n) is 44.9. The molecule has 11 heteroatoms. The van der Waals surface area contributed by atoms with Crippen molar-refractivity contribution in [1.82, 2.24) is 0 Å². The van der Waals surface area contributed by atoms with E-state index in [0.717, 1.165) is 73.4 Å². The van der Waals surface area contributed by atoms with Crippen LogP contribution in [0.4, 0.5) is 0 Å². The van der Waals surface area contributed by atoms with Gasteiger partial charge in [-0.15, -0.1) is 0 Å². The van der Waals surface area contributed by atoms with Crippen molar-refractivity contribution < 1.29 is 16.5 Å². The lowest BCUT2D eigenvalue weighted by Gasteiger charge is -2.49. The molecule has 0 aromatic heterocycles. The first-order valence-corrected chi connectivity index (χ1v) is 35.5. The quantitative estimate of drug-likeness (QED) is 0.0664. The Hall–Kier alpha value is -7.15. The Morgan fingerprint density at radius 3 is 0.518 bits per heavy atom. The molecule has 0 aliphatic carbocycles. The fourth-order valence-corrected chi connectivity index (χ4v) is 26.8. The summed E-state index contributed by atoms with van der Waals surface area (Å²) in [5, 5.41) is 0. The van der Waals surface area contributed by atoms with E-state index < -0.39 is 38.7 Å². The maximum absolute atomic E-state index is 18.7. The van der Waals surface area contributed by atoms with Gasteiger partial charge in [0.05, 0.1) is 0 Å². The Morgan fingerprint density at radius 1 is 0.193 bits per heavy atom. The van der Waals surface area contributed by atoms with Crippen molar-refractivity contribution in [1.29, 1.82) is 0 Å². The highest BCUT2D eigenvalue weighted by atomic mass is 32.3. The predicted molar refractivity (Wildman–Crippen MR) is 348 cm³/mol. The van der Waals surface area contributed by atoms with Gasteiger partial charge in [-0.25, -0.2) is 16.5 Å². The number of hydrogen-bond acceptors (Lipinski definition) is 7. The molecular formula is C72H57O4PS6. The zero-order valence-corrected chi connectivity index (χ0v) is 50.7. The lowest BCUT2D eigenvalue weighted by Crippen LogP contribution is -2.16. The van der Waals surface area contributed by atoms with Crippen molar-refractivity contribution in [3.8, 4) is 0 Å². The molecule has 0 aliphatic rings. The number of benzene rings is 12. The summed E-state index contributed by atoms with van der Waals surface area (Å²) in [6.45, 7) is 0. The summed E-state index contributed by atoms with van der Waals surface area (Å²) in [5.74, 6) is 0. The highest BCUT2D eigenvalue weighted by Gasteiger charge is 2.53. The maximum Gasteiger partial charge on any atom is 0.506 e. The molecule has 0 heterocycles. The summed E-state index contributed by atoms with van der Waals surface area (Å²) < 4.78 is 43.4. The fraction of sp³-hybridized carbons (Fsp3) is 0. The summed E-state index contributed by atoms with van der Waals surface area (Å²) in [6.07, 6.45) is 0. The second kappa shape index (κ2) is 26.2. The van der Waals surface area contributed by atoms with Crippen molar-refractivity contribution >= 4 is 74.0 Å². The third-order valence-corrected chi connectivity index (χ3v) is 29.8. The molecule has 0 saturated heterocycles. The van der Waals surface area contributed by atoms with Gasteiger partial charge < -0.3 is 0 Å². The molecule has 83 heavy (non-hydrogen) atoms. The lowest BCUT2D eigenvalue weighted by molar-refractivity contribution is 0.333. The average Bonchev–Trinajstić information content (AvgIpc) is 2.49. The molecule has 0 amide bonds. The zero-order chi connectivity index (χ0) is 56.2. The summed E-state index contributed by atoms with van der Waals surface area (Å²) in [4.78, 5) is 13.8. The fourth-order valence-electron chi connectivity index (χ4n) is 9.70. The van der Waals surface area contributed by atoms with Crippen LogP contribution in [0.5, 0.6) is 0 Å². The van der Waals surface area contributed by atoms with E-state index in [-0.39, 0.29) is 0 Å². The Labute approximate surface area is 505 Å². The van der Waals surface area contributed by atoms with Gasteiger partial charge in [0.2, 0.25) is 0 Å². The molecule has 4 nitrogen and oxygen atoms in total. The molecule has 12 rings (SSSR count). The minimum absolute atomic E-state index is 0.810. The molecule has 0 unspecified atom stereocenters. The van der Waals surface area contributed by atoms with Gasteiger partial charge in [0.15, 0.2) is 0 Å². The van der Waals surface area contributed by atoms with Crippen LogP contribution < -0.4 is 0 Å². The standard InChI is InChI=1S/C72H57O4PS6/c73-77(74-81(64-34-16-4-17-35-64,65-36-18-5-19-37-65)70-52-46-61(47-53-70)78-58-28-10-1-11-29-58,75-82(66-38-20-6-21-39-66,67-40-22-7-23-41-67)71-54-48-62(49-55-71)79-59-30-12-2-13-31-59)76-83(68-42-24-8-25-43-68,69-44-26-9-27-45-69)72-56-50-63(51-57-72)80-60-32-14-3-15-33-60/h1-57H. The molecular weight excluding hydrogens is 1150 g/mol. The number of phosphoric acid groups is 1. The van der Waals surface area contributed by atoms with Crippen LogP contribution in [-0.4, -0.2) is 0 Å². The normalized spacial score (nSPS) is 12.5. The van der Waals surface area contributed by atoms with Crippen molar-refractivity contribution in [3.05, 3.63) is 346 Å². The highest BCUT2D eigenvalue weighted by molar-refractivity contribution is 8.35. The molecule has 410 valence electrons. The SMILES string of the molecule is O=P(OS(c1ccccc1)(c1ccccc1)c1ccc(Sc2ccccc2)cc1)(OS(c1ccccc1)(c1ccccc1)c1ccc(Sc2ccccc2)cc1)OS(c1ccccc1)(c1ccccc1)c1ccc(Sc2ccccc2)cc1. The molecule has 12 aromatic carbocycles. The van der Waals surface area contributed by atoms with Gasteiger partial charge >= 0.3 is 7.82 Å². The number of hydrogen-bond donors (Lipinski definition) is 0. The predicted octanol–water partition coefficient (Wildman–Crippen LogP) is 23.3. The minimum atomic E-state index is -5.18. The third kappa shape index (κ3) is 12.4. The van der Waals surface area contributed by atoms with Crippen LogP contribution >= 0.6 is 74.0 Å². The molecule has 0 aliphatic heterocycles. The molecule has 0 bridgehead atoms. The summed E-state index contributed by atoms with van der Waals surface area (Å²) in [7, 11) is -14.5. The van der Waals surface area contributed by atoms with Gasteiger partial charge in [0.1, 0.15) is 0 Å². The monoisotopic (exact) mass is 1210 g/mol. The maximum atomic E-state index is 18.7. The van der Waals surface area contributed by atoms with E-state index >= 15 is 4.57 Å². The molecule has 0 atom stereocenters. The smallest absolute Gasteiger partial charge is 0.225 e. The van der Waals surface area contributed by atoms with E-state index in [0.29, 0.717) is 0 Å². The molecule has 0 radical (unpaired) electrons.